The van der Waals surface area contributed by atoms with E-state index in [9.17, 15) is 60.7 Å². The first-order valence-electron chi connectivity index (χ1n) is 33.2. The van der Waals surface area contributed by atoms with Gasteiger partial charge in [0.25, 0.3) is 0 Å². The molecule has 4 saturated carbocycles. The minimum absolute atomic E-state index is 0.0312. The molecule has 1 spiro atoms. The molecule has 28 heteroatoms. The highest BCUT2D eigenvalue weighted by Crippen LogP contribution is 2.44. The van der Waals surface area contributed by atoms with Gasteiger partial charge in [-0.3, -0.25) is 52.7 Å². The number of nitrogens with zero attached hydrogens (tertiary/aromatic N) is 7. The molecule has 0 radical (unpaired) electrons. The van der Waals surface area contributed by atoms with Crippen molar-refractivity contribution in [1.82, 2.24) is 55.6 Å². The van der Waals surface area contributed by atoms with Gasteiger partial charge in [-0.05, 0) is 141 Å². The van der Waals surface area contributed by atoms with E-state index in [-0.39, 0.29) is 95.9 Å². The Labute approximate surface area is 543 Å². The molecular formula is C64H101ClF5N11O11. The molecule has 11 amide bonds. The van der Waals surface area contributed by atoms with E-state index in [1.54, 1.807) is 20.8 Å². The third-order valence-electron chi connectivity index (χ3n) is 21.1. The molecule has 0 aromatic heterocycles. The number of fused-ring (bicyclic) bond motifs is 1. The Bertz CT molecular complexity index is 2670. The Morgan fingerprint density at radius 1 is 0.598 bits per heavy atom. The van der Waals surface area contributed by atoms with Crippen molar-refractivity contribution in [2.24, 2.45) is 29.6 Å². The van der Waals surface area contributed by atoms with Gasteiger partial charge >= 0.3 is 6.18 Å². The lowest BCUT2D eigenvalue weighted by Crippen LogP contribution is -2.64. The molecule has 2 heterocycles. The van der Waals surface area contributed by atoms with Gasteiger partial charge in [-0.1, -0.05) is 46.0 Å². The third kappa shape index (κ3) is 18.3. The molecule has 6 fully saturated rings. The maximum absolute atomic E-state index is 15.2. The van der Waals surface area contributed by atoms with E-state index in [4.69, 9.17) is 11.6 Å². The van der Waals surface area contributed by atoms with Crippen LogP contribution in [0.2, 0.25) is 0 Å². The zero-order chi connectivity index (χ0) is 68.4. The maximum Gasteiger partial charge on any atom is 0.393 e. The summed E-state index contributed by atoms with van der Waals surface area (Å²) in [5.41, 5.74) is -1.50. The fraction of sp³-hybridized carbons (Fsp3) is 0.828. The summed E-state index contributed by atoms with van der Waals surface area (Å²) in [6.45, 7) is 6.85. The van der Waals surface area contributed by atoms with E-state index < -0.39 is 180 Å². The number of hydrogen-bond acceptors (Lipinski definition) is 11. The summed E-state index contributed by atoms with van der Waals surface area (Å²) in [6, 6.07) is -9.49. The first-order valence-corrected chi connectivity index (χ1v) is 33.6. The van der Waals surface area contributed by atoms with Crippen LogP contribution < -0.4 is 21.3 Å². The largest absolute Gasteiger partial charge is 0.393 e. The minimum atomic E-state index is -4.53. The summed E-state index contributed by atoms with van der Waals surface area (Å²) >= 11 is 6.36. The minimum Gasteiger partial charge on any atom is -0.351 e. The van der Waals surface area contributed by atoms with Crippen molar-refractivity contribution in [3.63, 3.8) is 0 Å². The summed E-state index contributed by atoms with van der Waals surface area (Å²) in [5, 5.41) is 10.3. The summed E-state index contributed by atoms with van der Waals surface area (Å²) in [4.78, 5) is 168. The van der Waals surface area contributed by atoms with E-state index in [0.717, 1.165) is 32.4 Å². The van der Waals surface area contributed by atoms with Crippen LogP contribution in [0.15, 0.2) is 0 Å². The maximum atomic E-state index is 15.2. The van der Waals surface area contributed by atoms with Gasteiger partial charge in [-0.25, -0.2) is 8.78 Å². The molecule has 92 heavy (non-hydrogen) atoms. The average molecular weight is 1330 g/mol. The number of halogens is 6. The quantitative estimate of drug-likeness (QED) is 0.185. The van der Waals surface area contributed by atoms with Crippen LogP contribution in [0, 0.1) is 29.6 Å². The van der Waals surface area contributed by atoms with Gasteiger partial charge in [0.05, 0.1) is 19.0 Å². The van der Waals surface area contributed by atoms with Crippen molar-refractivity contribution < 1.29 is 74.7 Å². The summed E-state index contributed by atoms with van der Waals surface area (Å²) in [5.74, 6) is -10.9. The molecule has 22 nitrogen and oxygen atoms in total. The Kier molecular flexibility index (Phi) is 26.5. The average Bonchev–Trinajstić information content (AvgIpc) is 1.59. The number of rotatable bonds is 8. The molecule has 2 aliphatic heterocycles. The first kappa shape index (κ1) is 75.1. The summed E-state index contributed by atoms with van der Waals surface area (Å²) in [7, 11) is 8.17. The standard InChI is InChI=1S/C64H101ClF5N11O11/c1-12-36(2)53-61(91)76(7)34-51(83)75(6)35-52(84)79(10)49(33-41-22-25-45(66)46(67)32-41)60(90)78(9)39(5)55(85)72-47(26-23-40-21-24-43(44(65)31-40)64(68,69)70)59(89)81-29-17-20-48(81)57(87)74-63(27-15-16-28-63)62(92)80(11)54(42-18-13-14-19-42)58(88)71-37(3)30-50(82)77(8)38(4)56(86)73-53/h36-49,53-54H,12-35H2,1-11H3,(H,71,88)(H,72,85)(H,73,86)(H,74,87)/t36-,37+,38-,39+,40?,41?,43?,44?,45?,46?,47-,48-,49-,53-,54-/m0/s1. The predicted molar refractivity (Wildman–Crippen MR) is 332 cm³/mol. The number of nitrogens with one attached hydrogen (secondary N) is 4. The van der Waals surface area contributed by atoms with Crippen molar-refractivity contribution >= 4 is 76.6 Å². The second kappa shape index (κ2) is 32.5. The van der Waals surface area contributed by atoms with Crippen LogP contribution in [0.5, 0.6) is 0 Å². The number of carbonyl (C=O) groups is 11. The van der Waals surface area contributed by atoms with E-state index in [0.29, 0.717) is 38.5 Å². The van der Waals surface area contributed by atoms with Crippen LogP contribution >= 0.6 is 11.6 Å². The fourth-order valence-corrected chi connectivity index (χ4v) is 15.0. The number of amides is 11. The molecule has 0 bridgehead atoms. The lowest BCUT2D eigenvalue weighted by Gasteiger charge is -2.40. The second-order valence-corrected chi connectivity index (χ2v) is 28.1. The first-order chi connectivity index (χ1) is 43.1. The second-order valence-electron chi connectivity index (χ2n) is 27.6. The van der Waals surface area contributed by atoms with Crippen molar-refractivity contribution in [3.05, 3.63) is 0 Å². The van der Waals surface area contributed by atoms with Crippen LogP contribution in [-0.2, 0) is 52.7 Å². The fourth-order valence-electron chi connectivity index (χ4n) is 14.5. The number of likely N-dealkylation sites (N-methyl/N-ethyl adjacent to an activating group) is 6. The smallest absolute Gasteiger partial charge is 0.351 e. The van der Waals surface area contributed by atoms with Gasteiger partial charge in [0.15, 0.2) is 0 Å². The summed E-state index contributed by atoms with van der Waals surface area (Å²) < 4.78 is 71.3. The van der Waals surface area contributed by atoms with Crippen LogP contribution in [0.1, 0.15) is 169 Å². The highest BCUT2D eigenvalue weighted by atomic mass is 35.5. The molecule has 6 rings (SSSR count). The molecule has 6 unspecified atom stereocenters. The molecular weight excluding hydrogens is 1230 g/mol. The normalized spacial score (nSPS) is 33.4. The molecule has 0 aromatic rings. The Morgan fingerprint density at radius 2 is 1.21 bits per heavy atom. The highest BCUT2D eigenvalue weighted by molar-refractivity contribution is 6.20. The van der Waals surface area contributed by atoms with E-state index in [1.165, 1.54) is 70.8 Å². The van der Waals surface area contributed by atoms with Crippen molar-refractivity contribution in [2.45, 2.75) is 247 Å². The van der Waals surface area contributed by atoms with Gasteiger partial charge < -0.3 is 55.6 Å². The molecule has 15 atom stereocenters. The van der Waals surface area contributed by atoms with Gasteiger partial charge in [-0.15, -0.1) is 11.6 Å². The lowest BCUT2D eigenvalue weighted by atomic mass is 9.78. The van der Waals surface area contributed by atoms with Gasteiger partial charge in [-0.2, -0.15) is 13.2 Å². The van der Waals surface area contributed by atoms with Crippen LogP contribution in [-0.4, -0.2) is 239 Å². The zero-order valence-corrected chi connectivity index (χ0v) is 56.4. The Morgan fingerprint density at radius 3 is 1.82 bits per heavy atom. The van der Waals surface area contributed by atoms with E-state index in [2.05, 4.69) is 21.3 Å². The molecule has 4 N–H and O–H groups in total. The van der Waals surface area contributed by atoms with Gasteiger partial charge in [0, 0.05) is 66.7 Å². The molecule has 4 aliphatic carbocycles. The van der Waals surface area contributed by atoms with E-state index >= 15 is 14.0 Å². The topological polar surface area (TPSA) is 259 Å². The van der Waals surface area contributed by atoms with Crippen LogP contribution in [0.3, 0.4) is 0 Å². The number of hydrogen-bond donors (Lipinski definition) is 4. The Balaban J connectivity index is 1.36. The van der Waals surface area contributed by atoms with Crippen molar-refractivity contribution in [2.75, 3.05) is 61.9 Å². The molecule has 2 saturated heterocycles. The van der Waals surface area contributed by atoms with Crippen molar-refractivity contribution in [1.29, 1.82) is 0 Å². The van der Waals surface area contributed by atoms with Gasteiger partial charge in [0.2, 0.25) is 65.0 Å². The molecule has 6 aliphatic rings. The number of carbonyl (C=O) groups excluding carboxylic acids is 11. The predicted octanol–water partition coefficient (Wildman–Crippen LogP) is 5.02. The Hall–Kier alpha value is -5.89. The van der Waals surface area contributed by atoms with E-state index in [1.807, 2.05) is 0 Å². The van der Waals surface area contributed by atoms with Crippen LogP contribution in [0.4, 0.5) is 22.0 Å². The zero-order valence-electron chi connectivity index (χ0n) is 55.6. The molecule has 520 valence electrons. The van der Waals surface area contributed by atoms with Crippen molar-refractivity contribution in [3.8, 4) is 0 Å². The molecule has 0 aromatic carbocycles. The highest BCUT2D eigenvalue weighted by Gasteiger charge is 2.51. The summed E-state index contributed by atoms with van der Waals surface area (Å²) in [6.07, 6.45) is -3.70. The lowest BCUT2D eigenvalue weighted by molar-refractivity contribution is -0.182. The SMILES string of the molecule is CC[C@H](C)[C@@H]1NC(=O)[C@H](C)N(C)C(=O)C[C@@H](C)NC(=O)[C@H](C2CCCC2)N(C)C(=O)C2(CCCC2)NC(=O)[C@@H]2CCCN2C(=O)[C@H](CCC2CCC(C(F)(F)F)C(Cl)C2)NC(=O)[C@@H](C)N(C)C(=O)[C@H](CC2CCC(F)C(F)C2)N(C)C(=O)CN(C)C(=O)CN(C)C1=O. The monoisotopic (exact) mass is 1330 g/mol. The van der Waals surface area contributed by atoms with Gasteiger partial charge in [0.1, 0.15) is 60.2 Å². The number of alkyl halides is 6. The third-order valence-corrected chi connectivity index (χ3v) is 21.5. The van der Waals surface area contributed by atoms with Crippen LogP contribution in [0.25, 0.3) is 0 Å².